The van der Waals surface area contributed by atoms with E-state index in [-0.39, 0.29) is 81.8 Å². The summed E-state index contributed by atoms with van der Waals surface area (Å²) in [4.78, 5) is 0. The predicted octanol–water partition coefficient (Wildman–Crippen LogP) is -0.280. The van der Waals surface area contributed by atoms with E-state index in [1.807, 2.05) is 0 Å². The number of hydrogen-bond donors (Lipinski definition) is 0. The van der Waals surface area contributed by atoms with Crippen molar-refractivity contribution in [2.24, 2.45) is 0 Å². The van der Waals surface area contributed by atoms with E-state index >= 15 is 0 Å². The van der Waals surface area contributed by atoms with Crippen LogP contribution in [0.25, 0.3) is 0 Å². The van der Waals surface area contributed by atoms with Crippen LogP contribution in [-0.4, -0.2) is 0 Å². The third kappa shape index (κ3) is 21.4. The third-order valence-electron chi connectivity index (χ3n) is 0. The summed E-state index contributed by atoms with van der Waals surface area (Å²) in [6.07, 6.45) is 0. The Balaban J connectivity index is 0. The second-order valence-corrected chi connectivity index (χ2v) is 0. The van der Waals surface area contributed by atoms with Crippen LogP contribution in [0, 0.1) is 0 Å². The first-order chi connectivity index (χ1) is 0. The van der Waals surface area contributed by atoms with Gasteiger partial charge in [-0.1, -0.05) is 0 Å². The molecule has 0 aliphatic rings. The van der Waals surface area contributed by atoms with E-state index in [0.717, 1.165) is 0 Å². The van der Waals surface area contributed by atoms with Crippen molar-refractivity contribution in [3.05, 3.63) is 0 Å². The van der Waals surface area contributed by atoms with Crippen LogP contribution in [0.15, 0.2) is 0 Å². The van der Waals surface area contributed by atoms with Gasteiger partial charge in [-0.25, -0.2) is 0 Å². The summed E-state index contributed by atoms with van der Waals surface area (Å²) in [5.41, 5.74) is 0. The van der Waals surface area contributed by atoms with Gasteiger partial charge in [-0.05, 0) is 0 Å². The zero-order valence-corrected chi connectivity index (χ0v) is 6.31. The minimum absolute atomic E-state index is 0. The van der Waals surface area contributed by atoms with Gasteiger partial charge in [0.2, 0.25) is 0 Å². The fourth-order valence-electron chi connectivity index (χ4n) is 0. The third-order valence-corrected chi connectivity index (χ3v) is 0. The molecule has 51 valence electrons. The van der Waals surface area contributed by atoms with Gasteiger partial charge in [0, 0.05) is 51.2 Å². The van der Waals surface area contributed by atoms with Gasteiger partial charge in [0.25, 0.3) is 0 Å². The normalized spacial score (nSPS) is 0. The van der Waals surface area contributed by atoms with Crippen molar-refractivity contribution in [2.75, 3.05) is 0 Å². The van der Waals surface area contributed by atoms with E-state index < -0.39 is 0 Å². The second-order valence-electron chi connectivity index (χ2n) is 0. The Bertz CT molecular complexity index is 3.61. The van der Waals surface area contributed by atoms with Crippen molar-refractivity contribution < 1.29 is 68.3 Å². The minimum atomic E-state index is 0. The Kier molecular flexibility index (Phi) is 335. The van der Waals surface area contributed by atoms with E-state index in [0.29, 0.717) is 0 Å². The van der Waals surface area contributed by atoms with Crippen LogP contribution in [0.3, 0.4) is 0 Å². The molecule has 0 aromatic carbocycles. The van der Waals surface area contributed by atoms with Gasteiger partial charge in [-0.15, -0.1) is 0 Å². The Morgan fingerprint density at radius 3 is 0.600 bits per heavy atom. The molecule has 0 unspecified atom stereocenters. The quantitative estimate of drug-likeness (QED) is 0.335. The number of thiol groups is 1. The van der Waals surface area contributed by atoms with E-state index in [4.69, 9.17) is 0 Å². The molecule has 0 spiro atoms. The SMILES string of the molecule is [Cu+].[Cu].[Cu].[Cu].[SH-]. The fourth-order valence-corrected chi connectivity index (χ4v) is 0. The molecule has 0 N–H and O–H groups in total. The molecule has 0 aliphatic carbocycles. The van der Waals surface area contributed by atoms with Gasteiger partial charge < -0.3 is 13.5 Å². The van der Waals surface area contributed by atoms with Crippen LogP contribution in [0.5, 0.6) is 0 Å². The molecule has 0 saturated carbocycles. The van der Waals surface area contributed by atoms with Crippen molar-refractivity contribution in [3.63, 3.8) is 0 Å². The molecule has 0 heterocycles. The van der Waals surface area contributed by atoms with Crippen molar-refractivity contribution in [2.45, 2.75) is 0 Å². The maximum absolute atomic E-state index is 0. The second kappa shape index (κ2) is 32.1. The molecule has 0 amide bonds. The minimum Gasteiger partial charge on any atom is -0.813 e. The van der Waals surface area contributed by atoms with Crippen LogP contribution in [-0.2, 0) is 81.8 Å². The van der Waals surface area contributed by atoms with Gasteiger partial charge in [-0.3, -0.25) is 0 Å². The summed E-state index contributed by atoms with van der Waals surface area (Å²) in [6, 6.07) is 0. The average Bonchev–Trinajstić information content (AvgIpc) is 0. The smallest absolute Gasteiger partial charge is 0.813 e. The van der Waals surface area contributed by atoms with Gasteiger partial charge in [-0.2, -0.15) is 0 Å². The molecule has 0 aliphatic heterocycles. The molecular weight excluding hydrogens is 286 g/mol. The molecule has 3 radical (unpaired) electrons. The standard InChI is InChI=1S/4Cu.H2S/h;;;;1H2/q;;;+1;/p-1. The molecule has 0 rings (SSSR count). The maximum Gasteiger partial charge on any atom is 1.00 e. The Labute approximate surface area is 80.9 Å². The molecule has 0 aromatic rings. The van der Waals surface area contributed by atoms with Crippen molar-refractivity contribution in [3.8, 4) is 0 Å². The van der Waals surface area contributed by atoms with Crippen LogP contribution in [0.2, 0.25) is 0 Å². The molecule has 0 fully saturated rings. The largest absolute Gasteiger partial charge is 1.00 e. The average molecular weight is 287 g/mol. The first kappa shape index (κ1) is 52.1. The summed E-state index contributed by atoms with van der Waals surface area (Å²) >= 11 is 0. The van der Waals surface area contributed by atoms with E-state index in [9.17, 15) is 0 Å². The van der Waals surface area contributed by atoms with Gasteiger partial charge in [0.1, 0.15) is 0 Å². The van der Waals surface area contributed by atoms with E-state index in [2.05, 4.69) is 0 Å². The van der Waals surface area contributed by atoms with Crippen molar-refractivity contribution in [1.82, 2.24) is 0 Å². The Morgan fingerprint density at radius 2 is 0.600 bits per heavy atom. The summed E-state index contributed by atoms with van der Waals surface area (Å²) in [5.74, 6) is 0. The number of rotatable bonds is 0. The monoisotopic (exact) mass is 285 g/mol. The fraction of sp³-hybridized carbons (Fsp3) is 0. The zero-order valence-electron chi connectivity index (χ0n) is 1.65. The molecule has 0 atom stereocenters. The van der Waals surface area contributed by atoms with Crippen LogP contribution in [0.1, 0.15) is 0 Å². The van der Waals surface area contributed by atoms with Crippen molar-refractivity contribution >= 4 is 13.5 Å². The van der Waals surface area contributed by atoms with Crippen LogP contribution < -0.4 is 0 Å². The predicted molar refractivity (Wildman–Crippen MR) is 8.76 cm³/mol. The Hall–Kier alpha value is 2.43. The molecule has 0 aromatic heterocycles. The van der Waals surface area contributed by atoms with E-state index in [1.165, 1.54) is 0 Å². The van der Waals surface area contributed by atoms with Gasteiger partial charge in [0.15, 0.2) is 0 Å². The Morgan fingerprint density at radius 1 is 0.600 bits per heavy atom. The first-order valence-electron chi connectivity index (χ1n) is 0. The van der Waals surface area contributed by atoms with Crippen LogP contribution in [0.4, 0.5) is 0 Å². The summed E-state index contributed by atoms with van der Waals surface area (Å²) in [6.45, 7) is 0. The molecule has 0 saturated heterocycles. The van der Waals surface area contributed by atoms with Crippen LogP contribution >= 0.6 is 0 Å². The zero-order chi connectivity index (χ0) is 0. The summed E-state index contributed by atoms with van der Waals surface area (Å²) in [7, 11) is 0. The molecule has 5 heteroatoms. The van der Waals surface area contributed by atoms with Gasteiger partial charge in [0.05, 0.1) is 0 Å². The molecule has 0 bridgehead atoms. The molecular formula is HCu4S. The first-order valence-corrected chi connectivity index (χ1v) is 0. The summed E-state index contributed by atoms with van der Waals surface area (Å²) in [5, 5.41) is 0. The van der Waals surface area contributed by atoms with Crippen molar-refractivity contribution in [1.29, 1.82) is 0 Å². The maximum atomic E-state index is 0. The molecule has 5 heavy (non-hydrogen) atoms. The number of hydrogen-bond acceptors (Lipinski definition) is 1. The topological polar surface area (TPSA) is 0 Å². The molecule has 0 nitrogen and oxygen atoms in total. The van der Waals surface area contributed by atoms with E-state index in [1.54, 1.807) is 0 Å². The summed E-state index contributed by atoms with van der Waals surface area (Å²) < 4.78 is 0. The van der Waals surface area contributed by atoms with Gasteiger partial charge >= 0.3 is 17.1 Å².